The van der Waals surface area contributed by atoms with E-state index in [1.54, 1.807) is 0 Å². The quantitative estimate of drug-likeness (QED) is 0.131. The number of aromatic nitrogens is 8. The molecule has 3 aromatic heterocycles. The number of anilines is 6. The number of para-hydroxylation sites is 4. The predicted molar refractivity (Wildman–Crippen MR) is 445 cm³/mol. The minimum absolute atomic E-state index is 0.144. The molecule has 0 fully saturated rings. The summed E-state index contributed by atoms with van der Waals surface area (Å²) in [5, 5.41) is 0. The molecule has 10 nitrogen and oxygen atoms in total. The van der Waals surface area contributed by atoms with Crippen LogP contribution in [0.4, 0.5) is 34.4 Å². The van der Waals surface area contributed by atoms with E-state index in [2.05, 4.69) is 322 Å². The van der Waals surface area contributed by atoms with Crippen molar-refractivity contribution >= 4 is 34.4 Å². The summed E-state index contributed by atoms with van der Waals surface area (Å²) in [7, 11) is 0. The number of rotatable bonds is 10. The summed E-state index contributed by atoms with van der Waals surface area (Å²) >= 11 is 0. The summed E-state index contributed by atoms with van der Waals surface area (Å²) in [4.78, 5) is 49.4. The zero-order chi connectivity index (χ0) is 76.2. The standard InChI is InChI=1S/C96H106N10/c1-89(2,3)66-45-62(46-67(54-66)90(4,5)6)75-58-76(63-47-68(91(7,8)9)55-69(48-63)92(10,11)12)98-88(97-75)106-80-41-33-31-39-78(80)105(79-40-32-34-42-81(79)106)77-44-43-61(84-100-82(59-35-27-25-28-36-59)99-83(101-84)60-37-29-26-30-38-60)53-74(77)87-103-85(64-49-70(93(13,14)15)56-71(50-64)94(16,17)18)102-86(104-87)65-51-72(95(19,20)21)57-73(52-65)96(22,23)24/h25-58H,1-24H3. The second kappa shape index (κ2) is 26.9. The summed E-state index contributed by atoms with van der Waals surface area (Å²) in [5.74, 6) is 3.77. The third-order valence-corrected chi connectivity index (χ3v) is 20.5. The second-order valence-electron chi connectivity index (χ2n) is 37.4. The van der Waals surface area contributed by atoms with Gasteiger partial charge in [0.2, 0.25) is 5.95 Å². The Kier molecular flexibility index (Phi) is 18.8. The Morgan fingerprint density at radius 1 is 0.189 bits per heavy atom. The number of benzene rings is 9. The molecule has 0 bridgehead atoms. The first-order valence-corrected chi connectivity index (χ1v) is 37.6. The van der Waals surface area contributed by atoms with Gasteiger partial charge in [-0.2, -0.15) is 0 Å². The molecule has 0 spiro atoms. The third kappa shape index (κ3) is 15.4. The van der Waals surface area contributed by atoms with Gasteiger partial charge in [-0.05, 0) is 185 Å². The van der Waals surface area contributed by atoms with Crippen molar-refractivity contribution in [3.63, 3.8) is 0 Å². The molecule has 0 saturated heterocycles. The van der Waals surface area contributed by atoms with Gasteiger partial charge >= 0.3 is 0 Å². The molecular weight excluding hydrogens is 1290 g/mol. The van der Waals surface area contributed by atoms with E-state index in [9.17, 15) is 0 Å². The first-order chi connectivity index (χ1) is 49.5. The molecule has 13 rings (SSSR count). The van der Waals surface area contributed by atoms with Crippen LogP contribution in [0.5, 0.6) is 0 Å². The highest BCUT2D eigenvalue weighted by Gasteiger charge is 2.36. The Balaban J connectivity index is 1.12. The summed E-state index contributed by atoms with van der Waals surface area (Å²) in [5.41, 5.74) is 21.6. The van der Waals surface area contributed by atoms with E-state index in [-0.39, 0.29) is 43.3 Å². The molecule has 0 atom stereocenters. The lowest BCUT2D eigenvalue weighted by Crippen LogP contribution is -2.26. The number of nitrogens with zero attached hydrogens (tertiary/aromatic N) is 10. The molecule has 1 aliphatic rings. The molecule has 9 aromatic carbocycles. The maximum Gasteiger partial charge on any atom is 0.235 e. The Bertz CT molecular complexity index is 4900. The SMILES string of the molecule is CC(C)(C)c1cc(-c2cc(-c3cc(C(C)(C)C)cc(C(C)(C)C)c3)nc(N3c4ccccc4N(c4ccc(-c5nc(-c6ccccc6)nc(-c6ccccc6)n5)cc4-c4nc(-c5cc(C(C)(C)C)cc(C(C)(C)C)c5)nc(-c5cc(C(C)(C)C)cc(C(C)(C)C)c5)n4)c4ccccc43)n2)cc(C(C)(C)C)c1. The molecule has 540 valence electrons. The van der Waals surface area contributed by atoms with Crippen molar-refractivity contribution in [3.8, 4) is 90.8 Å². The fraction of sp³-hybridized carbons (Fsp3) is 0.333. The molecule has 0 radical (unpaired) electrons. The maximum atomic E-state index is 5.82. The van der Waals surface area contributed by atoms with Gasteiger partial charge in [-0.25, -0.2) is 39.9 Å². The normalized spacial score (nSPS) is 13.2. The molecule has 106 heavy (non-hydrogen) atoms. The summed E-state index contributed by atoms with van der Waals surface area (Å²) in [6.07, 6.45) is 0. The molecule has 0 aliphatic carbocycles. The van der Waals surface area contributed by atoms with Crippen LogP contribution in [0.15, 0.2) is 206 Å². The first-order valence-electron chi connectivity index (χ1n) is 37.6. The average molecular weight is 1400 g/mol. The van der Waals surface area contributed by atoms with Crippen molar-refractivity contribution < 1.29 is 0 Å². The molecule has 0 unspecified atom stereocenters. The highest BCUT2D eigenvalue weighted by Crippen LogP contribution is 2.56. The smallest absolute Gasteiger partial charge is 0.235 e. The van der Waals surface area contributed by atoms with Gasteiger partial charge in [-0.3, -0.25) is 4.90 Å². The van der Waals surface area contributed by atoms with E-state index in [1.807, 2.05) is 60.7 Å². The molecular formula is C96H106N10. The van der Waals surface area contributed by atoms with Gasteiger partial charge in [0.15, 0.2) is 34.9 Å². The van der Waals surface area contributed by atoms with Crippen LogP contribution >= 0.6 is 0 Å². The predicted octanol–water partition coefficient (Wildman–Crippen LogP) is 25.8. The zero-order valence-corrected chi connectivity index (χ0v) is 67.1. The number of hydrogen-bond donors (Lipinski definition) is 0. The van der Waals surface area contributed by atoms with Crippen LogP contribution in [-0.4, -0.2) is 39.9 Å². The monoisotopic (exact) mass is 1400 g/mol. The minimum atomic E-state index is -0.197. The topological polar surface area (TPSA) is 110 Å². The summed E-state index contributed by atoms with van der Waals surface area (Å²) in [6.45, 7) is 54.9. The molecule has 10 heteroatoms. The van der Waals surface area contributed by atoms with E-state index in [4.69, 9.17) is 39.9 Å². The van der Waals surface area contributed by atoms with Crippen LogP contribution in [-0.2, 0) is 43.3 Å². The summed E-state index contributed by atoms with van der Waals surface area (Å²) < 4.78 is 0. The van der Waals surface area contributed by atoms with Gasteiger partial charge in [-0.1, -0.05) is 275 Å². The highest BCUT2D eigenvalue weighted by atomic mass is 15.3. The van der Waals surface area contributed by atoms with E-state index in [0.717, 1.165) is 84.3 Å². The van der Waals surface area contributed by atoms with Crippen LogP contribution < -0.4 is 9.80 Å². The van der Waals surface area contributed by atoms with Crippen molar-refractivity contribution in [2.75, 3.05) is 9.80 Å². The third-order valence-electron chi connectivity index (χ3n) is 20.5. The van der Waals surface area contributed by atoms with Crippen LogP contribution in [0.2, 0.25) is 0 Å². The summed E-state index contributed by atoms with van der Waals surface area (Å²) in [6, 6.07) is 74.3. The molecule has 1 aliphatic heterocycles. The van der Waals surface area contributed by atoms with Gasteiger partial charge in [0.25, 0.3) is 0 Å². The fourth-order valence-electron chi connectivity index (χ4n) is 13.5. The number of hydrogen-bond acceptors (Lipinski definition) is 10. The minimum Gasteiger partial charge on any atom is -0.306 e. The highest BCUT2D eigenvalue weighted by molar-refractivity contribution is 6.03. The molecule has 4 heterocycles. The Hall–Kier alpha value is -10.3. The van der Waals surface area contributed by atoms with E-state index >= 15 is 0 Å². The van der Waals surface area contributed by atoms with E-state index < -0.39 is 0 Å². The van der Waals surface area contributed by atoms with Crippen molar-refractivity contribution in [2.24, 2.45) is 0 Å². The average Bonchev–Trinajstić information content (AvgIpc) is 0.723. The molecule has 0 N–H and O–H groups in total. The van der Waals surface area contributed by atoms with E-state index in [0.29, 0.717) is 40.9 Å². The van der Waals surface area contributed by atoms with Gasteiger partial charge in [0.05, 0.1) is 39.8 Å². The Morgan fingerprint density at radius 3 is 0.745 bits per heavy atom. The van der Waals surface area contributed by atoms with Crippen LogP contribution in [0.25, 0.3) is 90.8 Å². The second-order valence-corrected chi connectivity index (χ2v) is 37.4. The van der Waals surface area contributed by atoms with Crippen molar-refractivity contribution in [1.82, 2.24) is 39.9 Å². The number of fused-ring (bicyclic) bond motifs is 2. The molecule has 0 saturated carbocycles. The van der Waals surface area contributed by atoms with Gasteiger partial charge < -0.3 is 4.90 Å². The lowest BCUT2D eigenvalue weighted by molar-refractivity contribution is 0.568. The zero-order valence-electron chi connectivity index (χ0n) is 67.1. The van der Waals surface area contributed by atoms with Crippen molar-refractivity contribution in [3.05, 3.63) is 251 Å². The first kappa shape index (κ1) is 74.0. The molecule has 0 amide bonds. The van der Waals surface area contributed by atoms with Gasteiger partial charge in [0, 0.05) is 44.5 Å². The lowest BCUT2D eigenvalue weighted by Gasteiger charge is -2.40. The molecule has 12 aromatic rings. The van der Waals surface area contributed by atoms with E-state index in [1.165, 1.54) is 44.5 Å². The van der Waals surface area contributed by atoms with Gasteiger partial charge in [-0.15, -0.1) is 0 Å². The van der Waals surface area contributed by atoms with Gasteiger partial charge in [0.1, 0.15) is 0 Å². The van der Waals surface area contributed by atoms with Crippen LogP contribution in [0.1, 0.15) is 211 Å². The van der Waals surface area contributed by atoms with Crippen LogP contribution in [0, 0.1) is 0 Å². The largest absolute Gasteiger partial charge is 0.306 e. The van der Waals surface area contributed by atoms with Crippen LogP contribution in [0.3, 0.4) is 0 Å². The Labute approximate surface area is 631 Å². The van der Waals surface area contributed by atoms with Crippen molar-refractivity contribution in [1.29, 1.82) is 0 Å². The lowest BCUT2D eigenvalue weighted by atomic mass is 9.79. The Morgan fingerprint density at radius 2 is 0.443 bits per heavy atom. The maximum absolute atomic E-state index is 5.82. The van der Waals surface area contributed by atoms with Crippen molar-refractivity contribution in [2.45, 2.75) is 209 Å². The fourth-order valence-corrected chi connectivity index (χ4v) is 13.5.